The highest BCUT2D eigenvalue weighted by Gasteiger charge is 2.44. The fourth-order valence-electron chi connectivity index (χ4n) is 2.95. The highest BCUT2D eigenvalue weighted by atomic mass is 15.2. The zero-order valence-electron chi connectivity index (χ0n) is 10.9. The zero-order valence-corrected chi connectivity index (χ0v) is 10.9. The number of nitrogen functional groups attached to an aromatic ring is 1. The molecule has 0 bridgehead atoms. The van der Waals surface area contributed by atoms with Crippen LogP contribution in [0.5, 0.6) is 0 Å². The Labute approximate surface area is 108 Å². The molecule has 3 nitrogen and oxygen atoms in total. The molecular formula is C15H19N3. The Kier molecular flexibility index (Phi) is 2.48. The molecule has 1 aliphatic heterocycles. The van der Waals surface area contributed by atoms with Crippen LogP contribution < -0.4 is 10.6 Å². The van der Waals surface area contributed by atoms with Crippen molar-refractivity contribution in [1.29, 1.82) is 5.26 Å². The second-order valence-electron chi connectivity index (χ2n) is 5.84. The maximum absolute atomic E-state index is 8.90. The Hall–Kier alpha value is -1.69. The summed E-state index contributed by atoms with van der Waals surface area (Å²) < 4.78 is 0. The predicted molar refractivity (Wildman–Crippen MR) is 73.4 cm³/mol. The van der Waals surface area contributed by atoms with Gasteiger partial charge in [0.15, 0.2) is 0 Å². The van der Waals surface area contributed by atoms with Crippen LogP contribution in [0.15, 0.2) is 12.1 Å². The van der Waals surface area contributed by atoms with Crippen molar-refractivity contribution >= 4 is 11.4 Å². The van der Waals surface area contributed by atoms with E-state index in [9.17, 15) is 0 Å². The lowest BCUT2D eigenvalue weighted by Crippen LogP contribution is -2.28. The van der Waals surface area contributed by atoms with Crippen molar-refractivity contribution in [2.45, 2.75) is 32.6 Å². The van der Waals surface area contributed by atoms with E-state index in [2.05, 4.69) is 30.0 Å². The third kappa shape index (κ3) is 1.82. The molecule has 3 rings (SSSR count). The minimum absolute atomic E-state index is 0.274. The first kappa shape index (κ1) is 11.4. The fraction of sp³-hybridized carbons (Fsp3) is 0.533. The molecule has 0 aromatic heterocycles. The Morgan fingerprint density at radius 3 is 2.89 bits per heavy atom. The first-order valence-corrected chi connectivity index (χ1v) is 6.64. The van der Waals surface area contributed by atoms with Gasteiger partial charge in [-0.05, 0) is 43.4 Å². The van der Waals surface area contributed by atoms with Crippen molar-refractivity contribution < 1.29 is 0 Å². The average Bonchev–Trinajstić information content (AvgIpc) is 2.99. The number of fused-ring (bicyclic) bond motifs is 1. The summed E-state index contributed by atoms with van der Waals surface area (Å²) in [4.78, 5) is 2.43. The second kappa shape index (κ2) is 3.91. The van der Waals surface area contributed by atoms with Crippen LogP contribution in [0.25, 0.3) is 0 Å². The van der Waals surface area contributed by atoms with E-state index in [4.69, 9.17) is 11.0 Å². The first-order valence-electron chi connectivity index (χ1n) is 6.64. The number of nitriles is 1. The molecule has 0 saturated heterocycles. The highest BCUT2D eigenvalue weighted by molar-refractivity contribution is 5.67. The van der Waals surface area contributed by atoms with Gasteiger partial charge in [-0.3, -0.25) is 0 Å². The molecular weight excluding hydrogens is 222 g/mol. The van der Waals surface area contributed by atoms with Crippen LogP contribution in [-0.2, 0) is 6.42 Å². The van der Waals surface area contributed by atoms with Gasteiger partial charge in [0.25, 0.3) is 0 Å². The van der Waals surface area contributed by atoms with E-state index in [1.807, 2.05) is 0 Å². The van der Waals surface area contributed by atoms with Crippen molar-refractivity contribution in [2.75, 3.05) is 23.7 Å². The lowest BCUT2D eigenvalue weighted by Gasteiger charge is -2.24. The number of nitrogens with zero attached hydrogens (tertiary/aromatic N) is 2. The van der Waals surface area contributed by atoms with Crippen LogP contribution in [0.1, 0.15) is 30.4 Å². The highest BCUT2D eigenvalue weighted by Crippen LogP contribution is 2.50. The molecule has 18 heavy (non-hydrogen) atoms. The van der Waals surface area contributed by atoms with Crippen LogP contribution in [0, 0.1) is 23.7 Å². The van der Waals surface area contributed by atoms with Crippen molar-refractivity contribution in [3.8, 4) is 6.07 Å². The molecule has 0 radical (unpaired) electrons. The van der Waals surface area contributed by atoms with Crippen molar-refractivity contribution in [3.63, 3.8) is 0 Å². The van der Waals surface area contributed by atoms with Crippen LogP contribution >= 0.6 is 0 Å². The number of benzene rings is 1. The lowest BCUT2D eigenvalue weighted by molar-refractivity contribution is 0.515. The van der Waals surface area contributed by atoms with Gasteiger partial charge in [0.05, 0.1) is 6.07 Å². The fourth-order valence-corrected chi connectivity index (χ4v) is 2.95. The minimum Gasteiger partial charge on any atom is -0.398 e. The molecule has 94 valence electrons. The van der Waals surface area contributed by atoms with E-state index < -0.39 is 0 Å². The average molecular weight is 241 g/mol. The summed E-state index contributed by atoms with van der Waals surface area (Å²) >= 11 is 0. The molecule has 1 fully saturated rings. The van der Waals surface area contributed by atoms with Crippen molar-refractivity contribution in [3.05, 3.63) is 23.3 Å². The zero-order chi connectivity index (χ0) is 12.8. The molecule has 0 atom stereocenters. The summed E-state index contributed by atoms with van der Waals surface area (Å²) in [5, 5.41) is 8.90. The SMILES string of the molecule is Cc1cc2c(cc1N)N(CC1(CC#N)CC1)CC2. The molecule has 1 aromatic carbocycles. The van der Waals surface area contributed by atoms with Crippen molar-refractivity contribution in [2.24, 2.45) is 5.41 Å². The van der Waals surface area contributed by atoms with Gasteiger partial charge >= 0.3 is 0 Å². The van der Waals surface area contributed by atoms with E-state index >= 15 is 0 Å². The number of anilines is 2. The van der Waals surface area contributed by atoms with E-state index in [1.165, 1.54) is 29.7 Å². The van der Waals surface area contributed by atoms with E-state index in [0.717, 1.165) is 25.2 Å². The molecule has 1 saturated carbocycles. The van der Waals surface area contributed by atoms with Crippen LogP contribution in [0.3, 0.4) is 0 Å². The molecule has 2 N–H and O–H groups in total. The number of aryl methyl sites for hydroxylation is 1. The smallest absolute Gasteiger partial charge is 0.0628 e. The standard InChI is InChI=1S/C15H19N3/c1-11-8-12-2-7-18(14(12)9-13(11)17)10-15(3-4-15)5-6-16/h8-9H,2-5,7,10,17H2,1H3. The number of hydrogen-bond acceptors (Lipinski definition) is 3. The van der Waals surface area contributed by atoms with E-state index in [1.54, 1.807) is 0 Å². The summed E-state index contributed by atoms with van der Waals surface area (Å²) in [5.41, 5.74) is 11.0. The Morgan fingerprint density at radius 1 is 1.44 bits per heavy atom. The third-order valence-electron chi connectivity index (χ3n) is 4.40. The van der Waals surface area contributed by atoms with Gasteiger partial charge in [-0.1, -0.05) is 6.07 Å². The van der Waals surface area contributed by atoms with E-state index in [0.29, 0.717) is 6.42 Å². The number of hydrogen-bond donors (Lipinski definition) is 1. The maximum atomic E-state index is 8.90. The quantitative estimate of drug-likeness (QED) is 0.828. The van der Waals surface area contributed by atoms with Crippen LogP contribution in [-0.4, -0.2) is 13.1 Å². The summed E-state index contributed by atoms with van der Waals surface area (Å²) in [5.74, 6) is 0. The summed E-state index contributed by atoms with van der Waals surface area (Å²) in [6.45, 7) is 4.16. The molecule has 0 unspecified atom stereocenters. The molecule has 0 amide bonds. The summed E-state index contributed by atoms with van der Waals surface area (Å²) in [6, 6.07) is 6.67. The molecule has 3 heteroatoms. The van der Waals surface area contributed by atoms with E-state index in [-0.39, 0.29) is 5.41 Å². The molecule has 0 spiro atoms. The van der Waals surface area contributed by atoms with Gasteiger partial charge in [0.1, 0.15) is 0 Å². The molecule has 1 heterocycles. The lowest BCUT2D eigenvalue weighted by atomic mass is 10.0. The summed E-state index contributed by atoms with van der Waals surface area (Å²) in [6.07, 6.45) is 4.21. The van der Waals surface area contributed by atoms with Crippen LogP contribution in [0.2, 0.25) is 0 Å². The van der Waals surface area contributed by atoms with Gasteiger partial charge in [-0.25, -0.2) is 0 Å². The molecule has 2 aliphatic rings. The maximum Gasteiger partial charge on any atom is 0.0628 e. The predicted octanol–water partition coefficient (Wildman–Crippen LogP) is 2.63. The number of nitrogens with two attached hydrogens (primary N) is 1. The van der Waals surface area contributed by atoms with Crippen LogP contribution in [0.4, 0.5) is 11.4 Å². The Morgan fingerprint density at radius 2 is 2.22 bits per heavy atom. The molecule has 1 aromatic rings. The Balaban J connectivity index is 1.83. The largest absolute Gasteiger partial charge is 0.398 e. The Bertz CT molecular complexity index is 523. The topological polar surface area (TPSA) is 53.0 Å². The second-order valence-corrected chi connectivity index (χ2v) is 5.84. The van der Waals surface area contributed by atoms with Gasteiger partial charge in [0, 0.05) is 36.3 Å². The first-order chi connectivity index (χ1) is 8.63. The van der Waals surface area contributed by atoms with Gasteiger partial charge in [0.2, 0.25) is 0 Å². The number of rotatable bonds is 3. The van der Waals surface area contributed by atoms with Crippen molar-refractivity contribution in [1.82, 2.24) is 0 Å². The third-order valence-corrected chi connectivity index (χ3v) is 4.40. The van der Waals surface area contributed by atoms with Gasteiger partial charge in [-0.15, -0.1) is 0 Å². The summed E-state index contributed by atoms with van der Waals surface area (Å²) in [7, 11) is 0. The van der Waals surface area contributed by atoms with Gasteiger partial charge in [-0.2, -0.15) is 5.26 Å². The molecule has 1 aliphatic carbocycles. The normalized spacial score (nSPS) is 19.4. The monoisotopic (exact) mass is 241 g/mol. The van der Waals surface area contributed by atoms with Gasteiger partial charge < -0.3 is 10.6 Å². The minimum atomic E-state index is 0.274.